The summed E-state index contributed by atoms with van der Waals surface area (Å²) in [4.78, 5) is 0. The number of aliphatic hydroxyl groups is 1. The molecule has 126 valence electrons. The number of rotatable bonds is 7. The van der Waals surface area contributed by atoms with Crippen molar-refractivity contribution in [2.75, 3.05) is 13.2 Å². The van der Waals surface area contributed by atoms with Crippen LogP contribution in [0.3, 0.4) is 0 Å². The van der Waals surface area contributed by atoms with Crippen molar-refractivity contribution in [3.63, 3.8) is 0 Å². The molecule has 0 amide bonds. The second kappa shape index (κ2) is 7.59. The van der Waals surface area contributed by atoms with Crippen LogP contribution in [-0.4, -0.2) is 33.3 Å². The van der Waals surface area contributed by atoms with Crippen molar-refractivity contribution in [2.24, 2.45) is 0 Å². The molecule has 0 bridgehead atoms. The predicted octanol–water partition coefficient (Wildman–Crippen LogP) is 2.89. The zero-order valence-electron chi connectivity index (χ0n) is 14.5. The van der Waals surface area contributed by atoms with Gasteiger partial charge >= 0.3 is 0 Å². The van der Waals surface area contributed by atoms with Crippen LogP contribution in [0.25, 0.3) is 0 Å². The third-order valence-electron chi connectivity index (χ3n) is 3.94. The topological polar surface area (TPSA) is 60.2 Å². The van der Waals surface area contributed by atoms with Crippen molar-refractivity contribution in [3.8, 4) is 5.75 Å². The van der Waals surface area contributed by atoms with Crippen molar-refractivity contribution in [3.05, 3.63) is 41.2 Å². The Bertz CT molecular complexity index is 612. The van der Waals surface area contributed by atoms with Crippen LogP contribution < -0.4 is 4.74 Å². The van der Waals surface area contributed by atoms with Crippen LogP contribution in [0.1, 0.15) is 44.1 Å². The summed E-state index contributed by atoms with van der Waals surface area (Å²) >= 11 is 0. The van der Waals surface area contributed by atoms with Crippen molar-refractivity contribution < 1.29 is 9.84 Å². The minimum Gasteiger partial charge on any atom is -0.492 e. The molecule has 1 N–H and O–H groups in total. The fourth-order valence-corrected chi connectivity index (χ4v) is 2.39. The van der Waals surface area contributed by atoms with Gasteiger partial charge in [0.2, 0.25) is 0 Å². The van der Waals surface area contributed by atoms with E-state index in [-0.39, 0.29) is 12.0 Å². The number of aryl methyl sites for hydroxylation is 1. The lowest BCUT2D eigenvalue weighted by Gasteiger charge is -2.19. The van der Waals surface area contributed by atoms with E-state index in [1.807, 2.05) is 23.7 Å². The maximum absolute atomic E-state index is 8.89. The summed E-state index contributed by atoms with van der Waals surface area (Å²) in [5.74, 6) is 0.872. The first-order chi connectivity index (χ1) is 10.9. The smallest absolute Gasteiger partial charge is 0.119 e. The van der Waals surface area contributed by atoms with E-state index in [1.165, 1.54) is 5.56 Å². The molecule has 5 nitrogen and oxygen atoms in total. The highest BCUT2D eigenvalue weighted by molar-refractivity contribution is 5.31. The van der Waals surface area contributed by atoms with Gasteiger partial charge in [-0.05, 0) is 42.9 Å². The highest BCUT2D eigenvalue weighted by Crippen LogP contribution is 2.24. The Labute approximate surface area is 138 Å². The molecule has 2 rings (SSSR count). The first kappa shape index (κ1) is 17.5. The predicted molar refractivity (Wildman–Crippen MR) is 90.8 cm³/mol. The molecule has 0 saturated heterocycles. The molecule has 0 radical (unpaired) electrons. The lowest BCUT2D eigenvalue weighted by Crippen LogP contribution is -2.12. The molecule has 1 aromatic carbocycles. The molecule has 0 spiro atoms. The summed E-state index contributed by atoms with van der Waals surface area (Å²) in [6.07, 6.45) is 1.48. The number of ether oxygens (including phenoxy) is 1. The van der Waals surface area contributed by atoms with Crippen molar-refractivity contribution >= 4 is 0 Å². The molecule has 0 fully saturated rings. The Morgan fingerprint density at radius 2 is 1.87 bits per heavy atom. The fraction of sp³-hybridized carbons (Fsp3) is 0.556. The summed E-state index contributed by atoms with van der Waals surface area (Å²) in [5.41, 5.74) is 3.45. The normalized spacial score (nSPS) is 11.7. The summed E-state index contributed by atoms with van der Waals surface area (Å²) in [5, 5.41) is 17.2. The molecular formula is C18H27N3O2. The molecule has 0 saturated carbocycles. The average Bonchev–Trinajstić information content (AvgIpc) is 2.85. The van der Waals surface area contributed by atoms with E-state index in [0.29, 0.717) is 13.2 Å². The minimum atomic E-state index is 0.154. The van der Waals surface area contributed by atoms with Crippen molar-refractivity contribution in [1.82, 2.24) is 15.0 Å². The monoisotopic (exact) mass is 317 g/mol. The van der Waals surface area contributed by atoms with Crippen molar-refractivity contribution in [1.29, 1.82) is 0 Å². The van der Waals surface area contributed by atoms with Crippen molar-refractivity contribution in [2.45, 2.75) is 52.5 Å². The second-order valence-corrected chi connectivity index (χ2v) is 6.79. The molecule has 1 aromatic heterocycles. The highest BCUT2D eigenvalue weighted by atomic mass is 16.5. The third kappa shape index (κ3) is 4.79. The third-order valence-corrected chi connectivity index (χ3v) is 3.94. The van der Waals surface area contributed by atoms with E-state index in [1.54, 1.807) is 0 Å². The number of benzene rings is 1. The SMILES string of the molecule is Cc1c(CCCO)nnn1CCOc1ccc(C(C)(C)C)cc1. The Balaban J connectivity index is 1.86. The zero-order valence-corrected chi connectivity index (χ0v) is 14.5. The first-order valence-electron chi connectivity index (χ1n) is 8.15. The van der Waals surface area contributed by atoms with Crippen LogP contribution in [0.5, 0.6) is 5.75 Å². The largest absolute Gasteiger partial charge is 0.492 e. The molecule has 5 heteroatoms. The maximum Gasteiger partial charge on any atom is 0.119 e. The first-order valence-corrected chi connectivity index (χ1v) is 8.15. The summed E-state index contributed by atoms with van der Waals surface area (Å²) < 4.78 is 7.65. The molecular weight excluding hydrogens is 290 g/mol. The van der Waals surface area contributed by atoms with Gasteiger partial charge in [0.25, 0.3) is 0 Å². The Hall–Kier alpha value is -1.88. The number of aromatic nitrogens is 3. The number of nitrogens with zero attached hydrogens (tertiary/aromatic N) is 3. The molecule has 0 aliphatic carbocycles. The Morgan fingerprint density at radius 3 is 2.48 bits per heavy atom. The van der Waals surface area contributed by atoms with Gasteiger partial charge in [-0.2, -0.15) is 0 Å². The number of hydrogen-bond donors (Lipinski definition) is 1. The highest BCUT2D eigenvalue weighted by Gasteiger charge is 2.13. The van der Waals surface area contributed by atoms with Crippen LogP contribution in [0.2, 0.25) is 0 Å². The van der Waals surface area contributed by atoms with Crippen LogP contribution in [0, 0.1) is 6.92 Å². The fourth-order valence-electron chi connectivity index (χ4n) is 2.39. The molecule has 0 unspecified atom stereocenters. The van der Waals surface area contributed by atoms with Gasteiger partial charge in [0.15, 0.2) is 0 Å². The maximum atomic E-state index is 8.89. The number of aliphatic hydroxyl groups excluding tert-OH is 1. The molecule has 1 heterocycles. The van der Waals surface area contributed by atoms with Crippen LogP contribution in [0.4, 0.5) is 0 Å². The molecule has 23 heavy (non-hydrogen) atoms. The van der Waals surface area contributed by atoms with Gasteiger partial charge in [0.1, 0.15) is 12.4 Å². The zero-order chi connectivity index (χ0) is 16.9. The van der Waals surface area contributed by atoms with E-state index >= 15 is 0 Å². The second-order valence-electron chi connectivity index (χ2n) is 6.79. The van der Waals surface area contributed by atoms with Gasteiger partial charge in [-0.25, -0.2) is 4.68 Å². The molecule has 0 atom stereocenters. The standard InChI is InChI=1S/C18H27N3O2/c1-14-17(6-5-12-22)19-20-21(14)11-13-23-16-9-7-15(8-10-16)18(2,3)4/h7-10,22H,5-6,11-13H2,1-4H3. The Kier molecular flexibility index (Phi) is 5.77. The van der Waals surface area contributed by atoms with Gasteiger partial charge in [-0.15, -0.1) is 5.10 Å². The lowest BCUT2D eigenvalue weighted by atomic mass is 9.87. The average molecular weight is 317 g/mol. The summed E-state index contributed by atoms with van der Waals surface area (Å²) in [7, 11) is 0. The van der Waals surface area contributed by atoms with E-state index in [9.17, 15) is 0 Å². The summed E-state index contributed by atoms with van der Waals surface area (Å²) in [6.45, 7) is 10.0. The van der Waals surface area contributed by atoms with E-state index in [2.05, 4.69) is 43.2 Å². The molecule has 0 aliphatic heterocycles. The van der Waals surface area contributed by atoms with Gasteiger partial charge < -0.3 is 9.84 Å². The quantitative estimate of drug-likeness (QED) is 0.853. The van der Waals surface area contributed by atoms with Gasteiger partial charge in [-0.1, -0.05) is 38.1 Å². The van der Waals surface area contributed by atoms with E-state index < -0.39 is 0 Å². The Morgan fingerprint density at radius 1 is 1.17 bits per heavy atom. The van der Waals surface area contributed by atoms with Gasteiger partial charge in [-0.3, -0.25) is 0 Å². The van der Waals surface area contributed by atoms with Gasteiger partial charge in [0.05, 0.1) is 17.9 Å². The lowest BCUT2D eigenvalue weighted by molar-refractivity contribution is 0.287. The van der Waals surface area contributed by atoms with E-state index in [4.69, 9.17) is 9.84 Å². The minimum absolute atomic E-state index is 0.154. The van der Waals surface area contributed by atoms with Gasteiger partial charge in [0, 0.05) is 6.61 Å². The number of hydrogen-bond acceptors (Lipinski definition) is 4. The summed E-state index contributed by atoms with van der Waals surface area (Å²) in [6, 6.07) is 8.26. The van der Waals surface area contributed by atoms with Crippen LogP contribution >= 0.6 is 0 Å². The molecule has 0 aliphatic rings. The van der Waals surface area contributed by atoms with E-state index in [0.717, 1.165) is 30.0 Å². The van der Waals surface area contributed by atoms with Crippen LogP contribution in [-0.2, 0) is 18.4 Å². The van der Waals surface area contributed by atoms with Crippen LogP contribution in [0.15, 0.2) is 24.3 Å². The molecule has 2 aromatic rings.